The summed E-state index contributed by atoms with van der Waals surface area (Å²) in [5.74, 6) is -0.230. The normalized spacial score (nSPS) is 19.2. The molecular formula is C19H17NO4. The second-order valence-corrected chi connectivity index (χ2v) is 5.61. The lowest BCUT2D eigenvalue weighted by molar-refractivity contribution is -0.138. The van der Waals surface area contributed by atoms with E-state index in [1.165, 1.54) is 6.08 Å². The standard InChI is InChI=1S/C19H17NO4/c1-24-15-6-4-5-13(11-15)9-10-14(21)12-19(23)16-7-2-3-8-17(16)20-18(19)22/h2-11,23H,12H2,1H3,(H,20,22)/b10-9+. The van der Waals surface area contributed by atoms with Crippen molar-refractivity contribution in [1.82, 2.24) is 0 Å². The molecule has 0 fully saturated rings. The molecule has 1 amide bonds. The summed E-state index contributed by atoms with van der Waals surface area (Å²) in [6, 6.07) is 14.1. The van der Waals surface area contributed by atoms with Crippen molar-refractivity contribution in [1.29, 1.82) is 0 Å². The molecule has 1 aliphatic heterocycles. The van der Waals surface area contributed by atoms with Gasteiger partial charge in [-0.3, -0.25) is 9.59 Å². The molecule has 2 aromatic rings. The van der Waals surface area contributed by atoms with Crippen LogP contribution in [0.25, 0.3) is 6.08 Å². The average Bonchev–Trinajstić information content (AvgIpc) is 2.84. The Balaban J connectivity index is 1.77. The molecule has 0 aromatic heterocycles. The number of nitrogens with one attached hydrogen (secondary N) is 1. The lowest BCUT2D eigenvalue weighted by Crippen LogP contribution is -2.36. The van der Waals surface area contributed by atoms with Gasteiger partial charge in [-0.25, -0.2) is 0 Å². The van der Waals surface area contributed by atoms with Gasteiger partial charge in [-0.05, 0) is 29.8 Å². The first kappa shape index (κ1) is 16.0. The zero-order chi connectivity index (χ0) is 17.2. The highest BCUT2D eigenvalue weighted by atomic mass is 16.5. The van der Waals surface area contributed by atoms with E-state index in [9.17, 15) is 14.7 Å². The van der Waals surface area contributed by atoms with Crippen LogP contribution in [0.4, 0.5) is 5.69 Å². The van der Waals surface area contributed by atoms with Crippen molar-refractivity contribution in [3.63, 3.8) is 0 Å². The van der Waals surface area contributed by atoms with E-state index in [4.69, 9.17) is 4.74 Å². The number of ether oxygens (including phenoxy) is 1. The number of rotatable bonds is 5. The molecule has 1 aliphatic rings. The number of carbonyl (C=O) groups excluding carboxylic acids is 2. The van der Waals surface area contributed by atoms with Crippen LogP contribution in [-0.4, -0.2) is 23.9 Å². The molecule has 0 radical (unpaired) electrons. The first-order valence-corrected chi connectivity index (χ1v) is 7.51. The van der Waals surface area contributed by atoms with Gasteiger partial charge in [0.2, 0.25) is 0 Å². The van der Waals surface area contributed by atoms with Gasteiger partial charge in [0.05, 0.1) is 13.5 Å². The van der Waals surface area contributed by atoms with E-state index in [0.29, 0.717) is 17.0 Å². The molecule has 0 bridgehead atoms. The number of hydrogen-bond acceptors (Lipinski definition) is 4. The predicted molar refractivity (Wildman–Crippen MR) is 90.6 cm³/mol. The fourth-order valence-electron chi connectivity index (χ4n) is 2.72. The minimum atomic E-state index is -1.83. The minimum Gasteiger partial charge on any atom is -0.497 e. The van der Waals surface area contributed by atoms with Gasteiger partial charge in [0.25, 0.3) is 5.91 Å². The first-order chi connectivity index (χ1) is 11.5. The van der Waals surface area contributed by atoms with Gasteiger partial charge in [0.1, 0.15) is 5.75 Å². The third kappa shape index (κ3) is 2.94. The van der Waals surface area contributed by atoms with Gasteiger partial charge >= 0.3 is 0 Å². The molecule has 1 atom stereocenters. The molecule has 1 unspecified atom stereocenters. The van der Waals surface area contributed by atoms with Crippen LogP contribution >= 0.6 is 0 Å². The molecule has 1 heterocycles. The van der Waals surface area contributed by atoms with E-state index >= 15 is 0 Å². The smallest absolute Gasteiger partial charge is 0.261 e. The summed E-state index contributed by atoms with van der Waals surface area (Å²) < 4.78 is 5.13. The highest BCUT2D eigenvalue weighted by Gasteiger charge is 2.46. The predicted octanol–water partition coefficient (Wildman–Crippen LogP) is 2.51. The van der Waals surface area contributed by atoms with Crippen LogP contribution in [0, 0.1) is 0 Å². The van der Waals surface area contributed by atoms with Gasteiger partial charge in [0, 0.05) is 11.3 Å². The Kier molecular flexibility index (Phi) is 4.18. The fourth-order valence-corrected chi connectivity index (χ4v) is 2.72. The molecule has 0 aliphatic carbocycles. The molecule has 3 rings (SSSR count). The number of hydrogen-bond donors (Lipinski definition) is 2. The number of benzene rings is 2. The van der Waals surface area contributed by atoms with Crippen LogP contribution in [-0.2, 0) is 15.2 Å². The summed E-state index contributed by atoms with van der Waals surface area (Å²) in [4.78, 5) is 24.3. The van der Waals surface area contributed by atoms with Gasteiger partial charge in [0.15, 0.2) is 11.4 Å². The number of methoxy groups -OCH3 is 1. The molecule has 122 valence electrons. The summed E-state index contributed by atoms with van der Waals surface area (Å²) in [5.41, 5.74) is -0.0643. The molecule has 2 aromatic carbocycles. The molecule has 24 heavy (non-hydrogen) atoms. The lowest BCUT2D eigenvalue weighted by Gasteiger charge is -2.18. The molecule has 5 nitrogen and oxygen atoms in total. The zero-order valence-corrected chi connectivity index (χ0v) is 13.2. The Morgan fingerprint density at radius 1 is 1.25 bits per heavy atom. The summed E-state index contributed by atoms with van der Waals surface area (Å²) in [6.07, 6.45) is 2.68. The molecule has 0 spiro atoms. The van der Waals surface area contributed by atoms with E-state index < -0.39 is 11.5 Å². The summed E-state index contributed by atoms with van der Waals surface area (Å²) in [6.45, 7) is 0. The maximum absolute atomic E-state index is 12.2. The maximum atomic E-state index is 12.2. The number of fused-ring (bicyclic) bond motifs is 1. The van der Waals surface area contributed by atoms with Crippen LogP contribution in [0.15, 0.2) is 54.6 Å². The van der Waals surface area contributed by atoms with Gasteiger partial charge in [-0.15, -0.1) is 0 Å². The Hall–Kier alpha value is -2.92. The van der Waals surface area contributed by atoms with Crippen LogP contribution in [0.5, 0.6) is 5.75 Å². The van der Waals surface area contributed by atoms with Crippen LogP contribution in [0.3, 0.4) is 0 Å². The number of anilines is 1. The second kappa shape index (κ2) is 6.29. The summed E-state index contributed by atoms with van der Waals surface area (Å²) in [5, 5.41) is 13.3. The zero-order valence-electron chi connectivity index (χ0n) is 13.2. The number of ketones is 1. The molecular weight excluding hydrogens is 306 g/mol. The number of amides is 1. The average molecular weight is 323 g/mol. The third-order valence-corrected chi connectivity index (χ3v) is 3.98. The quantitative estimate of drug-likeness (QED) is 0.829. The van der Waals surface area contributed by atoms with Gasteiger partial charge < -0.3 is 15.2 Å². The maximum Gasteiger partial charge on any atom is 0.261 e. The number of aliphatic hydroxyl groups is 1. The number of para-hydroxylation sites is 1. The van der Waals surface area contributed by atoms with Crippen molar-refractivity contribution in [2.24, 2.45) is 0 Å². The van der Waals surface area contributed by atoms with Crippen molar-refractivity contribution >= 4 is 23.5 Å². The van der Waals surface area contributed by atoms with Gasteiger partial charge in [-0.2, -0.15) is 0 Å². The highest BCUT2D eigenvalue weighted by Crippen LogP contribution is 2.38. The topological polar surface area (TPSA) is 75.6 Å². The van der Waals surface area contributed by atoms with Crippen LogP contribution in [0.1, 0.15) is 17.5 Å². The SMILES string of the molecule is COc1cccc(/C=C/C(=O)CC2(O)C(=O)Nc3ccccc32)c1. The lowest BCUT2D eigenvalue weighted by atomic mass is 9.90. The van der Waals surface area contributed by atoms with E-state index in [2.05, 4.69) is 5.32 Å². The monoisotopic (exact) mass is 323 g/mol. The van der Waals surface area contributed by atoms with Crippen LogP contribution < -0.4 is 10.1 Å². The summed E-state index contributed by atoms with van der Waals surface area (Å²) >= 11 is 0. The minimum absolute atomic E-state index is 0.309. The highest BCUT2D eigenvalue weighted by molar-refractivity contribution is 6.08. The molecule has 0 saturated carbocycles. The largest absolute Gasteiger partial charge is 0.497 e. The molecule has 5 heteroatoms. The Labute approximate surface area is 139 Å². The van der Waals surface area contributed by atoms with Crippen molar-refractivity contribution in [2.75, 3.05) is 12.4 Å². The van der Waals surface area contributed by atoms with E-state index in [1.54, 1.807) is 43.5 Å². The molecule has 0 saturated heterocycles. The van der Waals surface area contributed by atoms with Crippen molar-refractivity contribution in [3.05, 3.63) is 65.7 Å². The first-order valence-electron chi connectivity index (χ1n) is 7.51. The fraction of sp³-hybridized carbons (Fsp3) is 0.158. The van der Waals surface area contributed by atoms with E-state index in [-0.39, 0.29) is 12.2 Å². The van der Waals surface area contributed by atoms with Crippen molar-refractivity contribution in [3.8, 4) is 5.75 Å². The van der Waals surface area contributed by atoms with Crippen molar-refractivity contribution in [2.45, 2.75) is 12.0 Å². The van der Waals surface area contributed by atoms with Crippen LogP contribution in [0.2, 0.25) is 0 Å². The Morgan fingerprint density at radius 2 is 2.04 bits per heavy atom. The van der Waals surface area contributed by atoms with Gasteiger partial charge in [-0.1, -0.05) is 36.4 Å². The molecule has 2 N–H and O–H groups in total. The second-order valence-electron chi connectivity index (χ2n) is 5.61. The number of allylic oxidation sites excluding steroid dienone is 1. The third-order valence-electron chi connectivity index (χ3n) is 3.98. The summed E-state index contributed by atoms with van der Waals surface area (Å²) in [7, 11) is 1.57. The van der Waals surface area contributed by atoms with E-state index in [1.807, 2.05) is 18.2 Å². The Bertz CT molecular complexity index is 828. The number of carbonyl (C=O) groups is 2. The van der Waals surface area contributed by atoms with E-state index in [0.717, 1.165) is 5.56 Å². The van der Waals surface area contributed by atoms with Crippen molar-refractivity contribution < 1.29 is 19.4 Å². The Morgan fingerprint density at radius 3 is 2.83 bits per heavy atom.